The van der Waals surface area contributed by atoms with Crippen molar-refractivity contribution in [3.05, 3.63) is 117 Å². The molecular weight excluding hydrogens is 460 g/mol. The van der Waals surface area contributed by atoms with Crippen LogP contribution >= 0.6 is 0 Å². The summed E-state index contributed by atoms with van der Waals surface area (Å²) in [7, 11) is 0. The first-order valence-corrected chi connectivity index (χ1v) is 11.1. The van der Waals surface area contributed by atoms with Gasteiger partial charge in [-0.25, -0.2) is 4.79 Å². The Morgan fingerprint density at radius 2 is 1.50 bits per heavy atom. The fourth-order valence-electron chi connectivity index (χ4n) is 4.20. The molecule has 0 unspecified atom stereocenters. The van der Waals surface area contributed by atoms with Crippen molar-refractivity contribution in [2.45, 2.75) is 13.1 Å². The van der Waals surface area contributed by atoms with E-state index in [0.29, 0.717) is 12.1 Å². The van der Waals surface area contributed by atoms with E-state index >= 15 is 0 Å². The number of carbonyl (C=O) groups excluding carboxylic acids is 3. The SMILES string of the molecule is O=C1NC(=O)N(Cc2ccccc2)C(=O)C1=Cc1cn(Cc2ccc([N+](=O)[O-])cc2)c2ccccc12. The first kappa shape index (κ1) is 22.7. The highest BCUT2D eigenvalue weighted by Gasteiger charge is 2.35. The van der Waals surface area contributed by atoms with Gasteiger partial charge >= 0.3 is 6.03 Å². The minimum absolute atomic E-state index is 0.0120. The summed E-state index contributed by atoms with van der Waals surface area (Å²) in [6.07, 6.45) is 3.31. The topological polar surface area (TPSA) is 115 Å². The molecule has 1 aliphatic rings. The minimum Gasteiger partial charge on any atom is -0.342 e. The van der Waals surface area contributed by atoms with E-state index in [1.165, 1.54) is 18.2 Å². The lowest BCUT2D eigenvalue weighted by Gasteiger charge is -2.26. The molecule has 0 spiro atoms. The summed E-state index contributed by atoms with van der Waals surface area (Å²) in [5, 5.41) is 14.0. The number of rotatable bonds is 6. The molecular formula is C27H20N4O5. The zero-order chi connectivity index (χ0) is 25.2. The minimum atomic E-state index is -0.758. The summed E-state index contributed by atoms with van der Waals surface area (Å²) in [5.74, 6) is -1.42. The van der Waals surface area contributed by atoms with E-state index in [1.54, 1.807) is 24.3 Å². The summed E-state index contributed by atoms with van der Waals surface area (Å²) in [5.41, 5.74) is 2.99. The maximum Gasteiger partial charge on any atom is 0.331 e. The number of amides is 4. The van der Waals surface area contributed by atoms with Crippen molar-refractivity contribution in [2.24, 2.45) is 0 Å². The van der Waals surface area contributed by atoms with Gasteiger partial charge in [-0.15, -0.1) is 0 Å². The van der Waals surface area contributed by atoms with Gasteiger partial charge in [-0.3, -0.25) is 29.9 Å². The van der Waals surface area contributed by atoms with Crippen LogP contribution in [-0.2, 0) is 22.7 Å². The van der Waals surface area contributed by atoms with Crippen molar-refractivity contribution in [2.75, 3.05) is 0 Å². The van der Waals surface area contributed by atoms with E-state index in [-0.39, 0.29) is 17.8 Å². The molecule has 0 bridgehead atoms. The van der Waals surface area contributed by atoms with Gasteiger partial charge in [-0.05, 0) is 23.3 Å². The molecule has 5 rings (SSSR count). The second-order valence-corrected chi connectivity index (χ2v) is 8.35. The molecule has 1 N–H and O–H groups in total. The lowest BCUT2D eigenvalue weighted by Crippen LogP contribution is -2.53. The number of aromatic nitrogens is 1. The van der Waals surface area contributed by atoms with Gasteiger partial charge in [0.25, 0.3) is 17.5 Å². The molecule has 36 heavy (non-hydrogen) atoms. The zero-order valence-corrected chi connectivity index (χ0v) is 19.0. The molecule has 0 aliphatic carbocycles. The number of barbiturate groups is 1. The molecule has 0 radical (unpaired) electrons. The van der Waals surface area contributed by atoms with Crippen LogP contribution in [-0.4, -0.2) is 32.2 Å². The van der Waals surface area contributed by atoms with Gasteiger partial charge in [0.2, 0.25) is 0 Å². The molecule has 1 saturated heterocycles. The van der Waals surface area contributed by atoms with E-state index in [9.17, 15) is 24.5 Å². The molecule has 4 aromatic rings. The van der Waals surface area contributed by atoms with Crippen molar-refractivity contribution < 1.29 is 19.3 Å². The number of hydrogen-bond donors (Lipinski definition) is 1. The quantitative estimate of drug-likeness (QED) is 0.192. The predicted octanol–water partition coefficient (Wildman–Crippen LogP) is 4.26. The van der Waals surface area contributed by atoms with Gasteiger partial charge < -0.3 is 4.57 Å². The van der Waals surface area contributed by atoms with Gasteiger partial charge in [0, 0.05) is 41.3 Å². The van der Waals surface area contributed by atoms with Crippen molar-refractivity contribution in [3.63, 3.8) is 0 Å². The average molecular weight is 480 g/mol. The molecule has 4 amide bonds. The summed E-state index contributed by atoms with van der Waals surface area (Å²) < 4.78 is 1.95. The molecule has 3 aromatic carbocycles. The summed E-state index contributed by atoms with van der Waals surface area (Å²) in [4.78, 5) is 49.7. The van der Waals surface area contributed by atoms with Crippen LogP contribution in [0.25, 0.3) is 17.0 Å². The van der Waals surface area contributed by atoms with Crippen molar-refractivity contribution >= 4 is 40.5 Å². The second-order valence-electron chi connectivity index (χ2n) is 8.35. The van der Waals surface area contributed by atoms with E-state index in [1.807, 2.05) is 53.2 Å². The predicted molar refractivity (Wildman–Crippen MR) is 133 cm³/mol. The number of imide groups is 2. The fourth-order valence-corrected chi connectivity index (χ4v) is 4.20. The normalized spacial score (nSPS) is 14.9. The van der Waals surface area contributed by atoms with Crippen LogP contribution in [0.1, 0.15) is 16.7 Å². The summed E-state index contributed by atoms with van der Waals surface area (Å²) in [6.45, 7) is 0.471. The Bertz CT molecular complexity index is 1540. The van der Waals surface area contributed by atoms with E-state index in [2.05, 4.69) is 5.32 Å². The van der Waals surface area contributed by atoms with Crippen LogP contribution in [0.5, 0.6) is 0 Å². The Hall–Kier alpha value is -5.05. The first-order valence-electron chi connectivity index (χ1n) is 11.1. The van der Waals surface area contributed by atoms with Crippen LogP contribution < -0.4 is 5.32 Å². The zero-order valence-electron chi connectivity index (χ0n) is 19.0. The van der Waals surface area contributed by atoms with Gasteiger partial charge in [-0.1, -0.05) is 60.7 Å². The summed E-state index contributed by atoms with van der Waals surface area (Å²) in [6, 6.07) is 22.1. The van der Waals surface area contributed by atoms with Crippen LogP contribution in [0.3, 0.4) is 0 Å². The maximum atomic E-state index is 13.2. The number of benzene rings is 3. The number of nitro benzene ring substituents is 1. The number of nitro groups is 1. The lowest BCUT2D eigenvalue weighted by molar-refractivity contribution is -0.384. The highest BCUT2D eigenvalue weighted by Crippen LogP contribution is 2.26. The van der Waals surface area contributed by atoms with Gasteiger partial charge in [-0.2, -0.15) is 0 Å². The first-order chi connectivity index (χ1) is 17.4. The Kier molecular flexibility index (Phi) is 5.87. The molecule has 9 heteroatoms. The number of fused-ring (bicyclic) bond motifs is 1. The lowest BCUT2D eigenvalue weighted by atomic mass is 10.1. The third-order valence-corrected chi connectivity index (χ3v) is 5.99. The number of nitrogens with zero attached hydrogens (tertiary/aromatic N) is 3. The largest absolute Gasteiger partial charge is 0.342 e. The number of para-hydroxylation sites is 1. The van der Waals surface area contributed by atoms with Crippen LogP contribution in [0, 0.1) is 10.1 Å². The number of nitrogens with one attached hydrogen (secondary N) is 1. The van der Waals surface area contributed by atoms with E-state index in [4.69, 9.17) is 0 Å². The average Bonchev–Trinajstić information content (AvgIpc) is 3.22. The fraction of sp³-hybridized carbons (Fsp3) is 0.0741. The third kappa shape index (κ3) is 4.37. The Morgan fingerprint density at radius 3 is 2.22 bits per heavy atom. The molecule has 9 nitrogen and oxygen atoms in total. The highest BCUT2D eigenvalue weighted by atomic mass is 16.6. The second kappa shape index (κ2) is 9.30. The van der Waals surface area contributed by atoms with Gasteiger partial charge in [0.15, 0.2) is 0 Å². The van der Waals surface area contributed by atoms with Gasteiger partial charge in [0.1, 0.15) is 5.57 Å². The number of hydrogen-bond acceptors (Lipinski definition) is 5. The third-order valence-electron chi connectivity index (χ3n) is 5.99. The van der Waals surface area contributed by atoms with Crippen LogP contribution in [0.4, 0.5) is 10.5 Å². The number of urea groups is 1. The Morgan fingerprint density at radius 1 is 0.833 bits per heavy atom. The smallest absolute Gasteiger partial charge is 0.331 e. The molecule has 1 fully saturated rings. The van der Waals surface area contributed by atoms with Crippen LogP contribution in [0.2, 0.25) is 0 Å². The van der Waals surface area contributed by atoms with Crippen LogP contribution in [0.15, 0.2) is 90.6 Å². The molecule has 1 aromatic heterocycles. The van der Waals surface area contributed by atoms with Crippen molar-refractivity contribution in [1.82, 2.24) is 14.8 Å². The Labute approximate surface area is 205 Å². The van der Waals surface area contributed by atoms with E-state index < -0.39 is 22.8 Å². The molecule has 1 aliphatic heterocycles. The monoisotopic (exact) mass is 480 g/mol. The molecule has 0 saturated carbocycles. The molecule has 178 valence electrons. The van der Waals surface area contributed by atoms with Crippen molar-refractivity contribution in [1.29, 1.82) is 0 Å². The molecule has 0 atom stereocenters. The standard InChI is InChI=1S/C27H20N4O5/c32-25-23(26(33)30(27(34)28-25)16-18-6-2-1-3-7-18)14-20-17-29(24-9-5-4-8-22(20)24)15-19-10-12-21(13-11-19)31(35)36/h1-14,17H,15-16H2,(H,28,32,34). The van der Waals surface area contributed by atoms with Gasteiger partial charge in [0.05, 0.1) is 11.5 Å². The number of non-ortho nitro benzene ring substituents is 1. The van der Waals surface area contributed by atoms with Crippen molar-refractivity contribution in [3.8, 4) is 0 Å². The number of carbonyl (C=O) groups is 3. The molecule has 2 heterocycles. The Balaban J connectivity index is 1.49. The van der Waals surface area contributed by atoms with E-state index in [0.717, 1.165) is 26.9 Å². The summed E-state index contributed by atoms with van der Waals surface area (Å²) >= 11 is 0. The maximum absolute atomic E-state index is 13.2. The highest BCUT2D eigenvalue weighted by molar-refractivity contribution is 6.31.